The number of aliphatic carboxylic acids is 1. The van der Waals surface area contributed by atoms with E-state index in [2.05, 4.69) is 9.99 Å². The number of rotatable bonds is 4. The van der Waals surface area contributed by atoms with Crippen LogP contribution in [0.15, 0.2) is 23.4 Å². The van der Waals surface area contributed by atoms with Crippen LogP contribution in [0, 0.1) is 10.1 Å². The third kappa shape index (κ3) is 2.68. The lowest BCUT2D eigenvalue weighted by Gasteiger charge is -2.02. The molecule has 8 heteroatoms. The minimum Gasteiger partial charge on any atom is -0.502 e. The number of carboxylic acid groups (broad SMARTS) is 1. The van der Waals surface area contributed by atoms with Crippen LogP contribution in [0.3, 0.4) is 0 Å². The predicted molar refractivity (Wildman–Crippen MR) is 55.9 cm³/mol. The smallest absolute Gasteiger partial charge is 0.358 e. The van der Waals surface area contributed by atoms with Crippen LogP contribution in [0.1, 0.15) is 5.56 Å². The third-order valence-electron chi connectivity index (χ3n) is 1.83. The summed E-state index contributed by atoms with van der Waals surface area (Å²) in [6, 6.07) is 3.11. The van der Waals surface area contributed by atoms with Gasteiger partial charge in [0, 0.05) is 11.6 Å². The second kappa shape index (κ2) is 4.92. The maximum Gasteiger partial charge on any atom is 0.358 e. The van der Waals surface area contributed by atoms with Crippen LogP contribution in [0.2, 0.25) is 0 Å². The van der Waals surface area contributed by atoms with Crippen molar-refractivity contribution in [1.82, 2.24) is 0 Å². The van der Waals surface area contributed by atoms with Gasteiger partial charge < -0.3 is 15.1 Å². The Hall–Kier alpha value is -2.64. The second-order valence-corrected chi connectivity index (χ2v) is 2.89. The Balaban J connectivity index is 3.32. The molecule has 0 aliphatic heterocycles. The number of carbonyl (C=O) groups is 1. The standard InChI is InChI=1S/C9H8N2O6/c1-17-10-8(9(13)14)5-2-3-7(12)6(4-5)11(15)16/h2-4,12H,1H3,(H,13,14)/b10-8+. The van der Waals surface area contributed by atoms with Gasteiger partial charge in [0.25, 0.3) is 0 Å². The average molecular weight is 240 g/mol. The number of phenolic OH excluding ortho intramolecular Hbond substituents is 1. The number of hydrogen-bond acceptors (Lipinski definition) is 6. The van der Waals surface area contributed by atoms with Crippen molar-refractivity contribution >= 4 is 17.4 Å². The Kier molecular flexibility index (Phi) is 3.60. The molecule has 0 spiro atoms. The van der Waals surface area contributed by atoms with E-state index >= 15 is 0 Å². The van der Waals surface area contributed by atoms with Crippen LogP contribution in [-0.2, 0) is 9.63 Å². The lowest BCUT2D eigenvalue weighted by Crippen LogP contribution is -2.15. The number of nitrogens with zero attached hydrogens (tertiary/aromatic N) is 2. The Morgan fingerprint density at radius 1 is 1.53 bits per heavy atom. The SMILES string of the molecule is CO/N=C(/C(=O)O)c1ccc(O)c([N+](=O)[O-])c1. The molecule has 8 nitrogen and oxygen atoms in total. The van der Waals surface area contributed by atoms with Crippen LogP contribution in [0.4, 0.5) is 5.69 Å². The van der Waals surface area contributed by atoms with E-state index in [0.717, 1.165) is 19.2 Å². The molecule has 0 fully saturated rings. The number of aromatic hydroxyl groups is 1. The summed E-state index contributed by atoms with van der Waals surface area (Å²) in [5.74, 6) is -1.95. The van der Waals surface area contributed by atoms with Crippen molar-refractivity contribution in [3.8, 4) is 5.75 Å². The molecule has 1 rings (SSSR count). The molecule has 0 saturated carbocycles. The maximum absolute atomic E-state index is 10.8. The van der Waals surface area contributed by atoms with Gasteiger partial charge >= 0.3 is 11.7 Å². The quantitative estimate of drug-likeness (QED) is 0.454. The Labute approximate surface area is 94.9 Å². The van der Waals surface area contributed by atoms with Crippen LogP contribution in [0.25, 0.3) is 0 Å². The fourth-order valence-corrected chi connectivity index (χ4v) is 1.12. The lowest BCUT2D eigenvalue weighted by atomic mass is 10.1. The topological polar surface area (TPSA) is 122 Å². The number of nitro benzene ring substituents is 1. The molecule has 0 heterocycles. The number of nitro groups is 1. The zero-order chi connectivity index (χ0) is 13.0. The van der Waals surface area contributed by atoms with E-state index in [4.69, 9.17) is 5.11 Å². The van der Waals surface area contributed by atoms with Gasteiger partial charge in [-0.05, 0) is 12.1 Å². The number of phenols is 1. The van der Waals surface area contributed by atoms with E-state index < -0.39 is 28.0 Å². The van der Waals surface area contributed by atoms with Gasteiger partial charge in [-0.2, -0.15) is 0 Å². The van der Waals surface area contributed by atoms with Gasteiger partial charge in [0.15, 0.2) is 11.5 Å². The van der Waals surface area contributed by atoms with Crippen LogP contribution >= 0.6 is 0 Å². The molecule has 2 N–H and O–H groups in total. The normalized spacial score (nSPS) is 11.0. The van der Waals surface area contributed by atoms with E-state index in [9.17, 15) is 20.0 Å². The van der Waals surface area contributed by atoms with E-state index in [-0.39, 0.29) is 5.56 Å². The van der Waals surface area contributed by atoms with Crippen LogP contribution < -0.4 is 0 Å². The minimum atomic E-state index is -1.40. The predicted octanol–water partition coefficient (Wildman–Crippen LogP) is 0.736. The lowest BCUT2D eigenvalue weighted by molar-refractivity contribution is -0.385. The molecule has 1 aromatic carbocycles. The second-order valence-electron chi connectivity index (χ2n) is 2.89. The summed E-state index contributed by atoms with van der Waals surface area (Å²) >= 11 is 0. The van der Waals surface area contributed by atoms with Crippen molar-refractivity contribution in [1.29, 1.82) is 0 Å². The van der Waals surface area contributed by atoms with Gasteiger partial charge in [-0.25, -0.2) is 4.79 Å². The van der Waals surface area contributed by atoms with Gasteiger partial charge in [-0.15, -0.1) is 0 Å². The van der Waals surface area contributed by atoms with Crippen molar-refractivity contribution in [3.05, 3.63) is 33.9 Å². The van der Waals surface area contributed by atoms with Crippen molar-refractivity contribution in [2.45, 2.75) is 0 Å². The fraction of sp³-hybridized carbons (Fsp3) is 0.111. The molecule has 0 saturated heterocycles. The highest BCUT2D eigenvalue weighted by atomic mass is 16.6. The van der Waals surface area contributed by atoms with Crippen molar-refractivity contribution in [2.24, 2.45) is 5.16 Å². The van der Waals surface area contributed by atoms with Gasteiger partial charge in [-0.1, -0.05) is 5.16 Å². The Bertz CT molecular complexity index is 496. The molecule has 0 aromatic heterocycles. The summed E-state index contributed by atoms with van der Waals surface area (Å²) in [6.45, 7) is 0. The average Bonchev–Trinajstić information content (AvgIpc) is 2.26. The number of carboxylic acids is 1. The summed E-state index contributed by atoms with van der Waals surface area (Å²) in [5, 5.41) is 31.8. The molecule has 0 amide bonds. The van der Waals surface area contributed by atoms with Crippen molar-refractivity contribution in [3.63, 3.8) is 0 Å². The Morgan fingerprint density at radius 2 is 2.18 bits per heavy atom. The van der Waals surface area contributed by atoms with Gasteiger partial charge in [0.1, 0.15) is 7.11 Å². The maximum atomic E-state index is 10.8. The molecule has 1 aromatic rings. The van der Waals surface area contributed by atoms with Gasteiger partial charge in [-0.3, -0.25) is 10.1 Å². The molecule has 0 aliphatic rings. The van der Waals surface area contributed by atoms with Gasteiger partial charge in [0.05, 0.1) is 4.92 Å². The molecule has 17 heavy (non-hydrogen) atoms. The summed E-state index contributed by atoms with van der Waals surface area (Å²) in [4.78, 5) is 24.9. The first-order valence-corrected chi connectivity index (χ1v) is 4.29. The molecule has 0 radical (unpaired) electrons. The molecule has 0 atom stereocenters. The fourth-order valence-electron chi connectivity index (χ4n) is 1.12. The highest BCUT2D eigenvalue weighted by Gasteiger charge is 2.20. The molecule has 0 aliphatic carbocycles. The number of hydrogen-bond donors (Lipinski definition) is 2. The third-order valence-corrected chi connectivity index (χ3v) is 1.83. The largest absolute Gasteiger partial charge is 0.502 e. The molecular weight excluding hydrogens is 232 g/mol. The zero-order valence-electron chi connectivity index (χ0n) is 8.65. The molecule has 0 unspecified atom stereocenters. The van der Waals surface area contributed by atoms with E-state index in [1.54, 1.807) is 0 Å². The summed E-state index contributed by atoms with van der Waals surface area (Å²) in [6.07, 6.45) is 0. The van der Waals surface area contributed by atoms with Crippen LogP contribution in [-0.4, -0.2) is 33.9 Å². The Morgan fingerprint density at radius 3 is 2.65 bits per heavy atom. The first kappa shape index (κ1) is 12.4. The first-order valence-electron chi connectivity index (χ1n) is 4.29. The monoisotopic (exact) mass is 240 g/mol. The van der Waals surface area contributed by atoms with Gasteiger partial charge in [0.2, 0.25) is 0 Å². The molecule has 0 bridgehead atoms. The van der Waals surface area contributed by atoms with E-state index in [1.165, 1.54) is 6.07 Å². The zero-order valence-corrected chi connectivity index (χ0v) is 8.65. The van der Waals surface area contributed by atoms with Crippen molar-refractivity contribution in [2.75, 3.05) is 7.11 Å². The first-order chi connectivity index (χ1) is 7.97. The minimum absolute atomic E-state index is 0.0381. The highest BCUT2D eigenvalue weighted by molar-refractivity contribution is 6.42. The van der Waals surface area contributed by atoms with E-state index in [1.807, 2.05) is 0 Å². The summed E-state index contributed by atoms with van der Waals surface area (Å²) < 4.78 is 0. The highest BCUT2D eigenvalue weighted by Crippen LogP contribution is 2.26. The van der Waals surface area contributed by atoms with Crippen molar-refractivity contribution < 1.29 is 24.8 Å². The number of oxime groups is 1. The summed E-state index contributed by atoms with van der Waals surface area (Å²) in [7, 11) is 1.15. The summed E-state index contributed by atoms with van der Waals surface area (Å²) in [5.41, 5.74) is -1.13. The van der Waals surface area contributed by atoms with Crippen LogP contribution in [0.5, 0.6) is 5.75 Å². The number of benzene rings is 1. The van der Waals surface area contributed by atoms with E-state index in [0.29, 0.717) is 0 Å². The molecule has 90 valence electrons. The molecular formula is C9H8N2O6.